The summed E-state index contributed by atoms with van der Waals surface area (Å²) in [5.41, 5.74) is -0.869. The Labute approximate surface area is 116 Å². The summed E-state index contributed by atoms with van der Waals surface area (Å²) < 4.78 is 50.3. The summed E-state index contributed by atoms with van der Waals surface area (Å²) in [4.78, 5) is 23.7. The van der Waals surface area contributed by atoms with E-state index in [0.29, 0.717) is 0 Å². The maximum atomic E-state index is 13.1. The molecule has 0 aliphatic rings. The molecule has 0 unspecified atom stereocenters. The fraction of sp³-hybridized carbons (Fsp3) is 0.231. The zero-order valence-corrected chi connectivity index (χ0v) is 10.8. The number of rotatable bonds is 2. The lowest BCUT2D eigenvalue weighted by molar-refractivity contribution is -0.123. The summed E-state index contributed by atoms with van der Waals surface area (Å²) in [5.74, 6) is -1.67. The predicted molar refractivity (Wildman–Crippen MR) is 67.5 cm³/mol. The molecule has 1 aromatic carbocycles. The van der Waals surface area contributed by atoms with Gasteiger partial charge >= 0.3 is 6.18 Å². The van der Waals surface area contributed by atoms with E-state index in [1.165, 1.54) is 19.2 Å². The molecule has 4 nitrogen and oxygen atoms in total. The number of alkyl halides is 3. The number of halogens is 4. The van der Waals surface area contributed by atoms with Crippen molar-refractivity contribution in [3.8, 4) is 0 Å². The average Bonchev–Trinajstić information content (AvgIpc) is 2.39. The van der Waals surface area contributed by atoms with Crippen molar-refractivity contribution in [2.75, 3.05) is 6.54 Å². The van der Waals surface area contributed by atoms with Gasteiger partial charge in [0.05, 0.1) is 0 Å². The number of aromatic nitrogens is 1. The molecule has 0 fully saturated rings. The normalized spacial score (nSPS) is 11.7. The predicted octanol–water partition coefficient (Wildman–Crippen LogP) is 1.97. The largest absolute Gasteiger partial charge is 0.405 e. The second kappa shape index (κ2) is 5.19. The van der Waals surface area contributed by atoms with Crippen molar-refractivity contribution < 1.29 is 22.4 Å². The van der Waals surface area contributed by atoms with Gasteiger partial charge in [0.25, 0.3) is 11.5 Å². The van der Waals surface area contributed by atoms with E-state index in [1.54, 1.807) is 5.32 Å². The van der Waals surface area contributed by atoms with Gasteiger partial charge in [-0.1, -0.05) is 0 Å². The molecule has 1 N–H and O–H groups in total. The number of carbonyl (C=O) groups is 1. The van der Waals surface area contributed by atoms with Gasteiger partial charge in [-0.2, -0.15) is 13.2 Å². The van der Waals surface area contributed by atoms with Gasteiger partial charge in [0.1, 0.15) is 18.1 Å². The van der Waals surface area contributed by atoms with Crippen molar-refractivity contribution in [2.45, 2.75) is 6.18 Å². The van der Waals surface area contributed by atoms with Gasteiger partial charge < -0.3 is 9.88 Å². The third-order valence-corrected chi connectivity index (χ3v) is 2.88. The average molecular weight is 302 g/mol. The number of carbonyl (C=O) groups excluding carboxylic acids is 1. The first kappa shape index (κ1) is 15.0. The fourth-order valence-corrected chi connectivity index (χ4v) is 1.87. The van der Waals surface area contributed by atoms with Gasteiger partial charge in [-0.25, -0.2) is 4.39 Å². The Morgan fingerprint density at radius 2 is 1.95 bits per heavy atom. The van der Waals surface area contributed by atoms with Gasteiger partial charge in [0, 0.05) is 12.4 Å². The lowest BCUT2D eigenvalue weighted by Crippen LogP contribution is -2.36. The van der Waals surface area contributed by atoms with Gasteiger partial charge in [-0.3, -0.25) is 9.59 Å². The smallest absolute Gasteiger partial charge is 0.342 e. The third kappa shape index (κ3) is 3.21. The van der Waals surface area contributed by atoms with Crippen molar-refractivity contribution in [3.05, 3.63) is 46.1 Å². The van der Waals surface area contributed by atoms with Crippen molar-refractivity contribution in [3.63, 3.8) is 0 Å². The Bertz CT molecular complexity index is 765. The van der Waals surface area contributed by atoms with Crippen LogP contribution in [0.15, 0.2) is 29.1 Å². The molecule has 21 heavy (non-hydrogen) atoms. The number of fused-ring (bicyclic) bond motifs is 1. The fourth-order valence-electron chi connectivity index (χ4n) is 1.87. The zero-order chi connectivity index (χ0) is 15.8. The maximum Gasteiger partial charge on any atom is 0.405 e. The molecular weight excluding hydrogens is 292 g/mol. The summed E-state index contributed by atoms with van der Waals surface area (Å²) >= 11 is 0. The van der Waals surface area contributed by atoms with E-state index in [4.69, 9.17) is 0 Å². The van der Waals surface area contributed by atoms with Crippen molar-refractivity contribution in [2.24, 2.45) is 7.05 Å². The number of benzene rings is 1. The van der Waals surface area contributed by atoms with Crippen LogP contribution in [0.2, 0.25) is 0 Å². The molecule has 0 bridgehead atoms. The quantitative estimate of drug-likeness (QED) is 0.862. The minimum atomic E-state index is -4.56. The van der Waals surface area contributed by atoms with Crippen LogP contribution in [0.1, 0.15) is 10.5 Å². The Morgan fingerprint density at radius 3 is 2.57 bits per heavy atom. The van der Waals surface area contributed by atoms with Crippen LogP contribution in [0.25, 0.3) is 10.8 Å². The first-order valence-corrected chi connectivity index (χ1v) is 5.83. The van der Waals surface area contributed by atoms with Crippen molar-refractivity contribution >= 4 is 16.7 Å². The molecule has 0 spiro atoms. The van der Waals surface area contributed by atoms with Gasteiger partial charge in [-0.15, -0.1) is 0 Å². The van der Waals surface area contributed by atoms with Crippen LogP contribution in [-0.2, 0) is 7.05 Å². The molecule has 0 atom stereocenters. The Hall–Kier alpha value is -2.38. The van der Waals surface area contributed by atoms with Crippen molar-refractivity contribution in [1.82, 2.24) is 9.88 Å². The molecule has 0 aliphatic carbocycles. The van der Waals surface area contributed by atoms with E-state index >= 15 is 0 Å². The van der Waals surface area contributed by atoms with E-state index in [9.17, 15) is 27.2 Å². The first-order chi connectivity index (χ1) is 9.69. The van der Waals surface area contributed by atoms with Crippen LogP contribution >= 0.6 is 0 Å². The van der Waals surface area contributed by atoms with Crippen molar-refractivity contribution in [1.29, 1.82) is 0 Å². The lowest BCUT2D eigenvalue weighted by Gasteiger charge is -2.12. The van der Waals surface area contributed by atoms with Crippen LogP contribution in [0, 0.1) is 5.82 Å². The van der Waals surface area contributed by atoms with Gasteiger partial charge in [-0.05, 0) is 29.7 Å². The summed E-state index contributed by atoms with van der Waals surface area (Å²) in [6.07, 6.45) is -4.56. The highest BCUT2D eigenvalue weighted by Gasteiger charge is 2.28. The minimum absolute atomic E-state index is 0.148. The third-order valence-electron chi connectivity index (χ3n) is 2.88. The second-order valence-electron chi connectivity index (χ2n) is 4.42. The molecule has 2 rings (SSSR count). The Kier molecular flexibility index (Phi) is 3.71. The molecule has 0 saturated heterocycles. The summed E-state index contributed by atoms with van der Waals surface area (Å²) in [7, 11) is 1.26. The second-order valence-corrected chi connectivity index (χ2v) is 4.42. The maximum absolute atomic E-state index is 13.1. The lowest BCUT2D eigenvalue weighted by atomic mass is 10.1. The standard InChI is InChI=1S/C13H10F4N2O2/c1-19-10(11(20)18-6-13(15,16)17)5-7-4-8(14)2-3-9(7)12(19)21/h2-5H,6H2,1H3,(H,18,20). The highest BCUT2D eigenvalue weighted by Crippen LogP contribution is 2.15. The zero-order valence-electron chi connectivity index (χ0n) is 10.8. The highest BCUT2D eigenvalue weighted by atomic mass is 19.4. The number of hydrogen-bond acceptors (Lipinski definition) is 2. The molecule has 0 saturated carbocycles. The SMILES string of the molecule is Cn1c(C(=O)NCC(F)(F)F)cc2cc(F)ccc2c1=O. The molecule has 1 amide bonds. The molecule has 0 radical (unpaired) electrons. The molecule has 1 heterocycles. The highest BCUT2D eigenvalue weighted by molar-refractivity contribution is 5.96. The number of nitrogens with zero attached hydrogens (tertiary/aromatic N) is 1. The molecule has 0 aliphatic heterocycles. The van der Waals surface area contributed by atoms with Gasteiger partial charge in [0.15, 0.2) is 0 Å². The summed E-state index contributed by atoms with van der Waals surface area (Å²) in [6.45, 7) is -1.51. The van der Waals surface area contributed by atoms with Crippen LogP contribution in [0.4, 0.5) is 17.6 Å². The number of nitrogens with one attached hydrogen (secondary N) is 1. The number of hydrogen-bond donors (Lipinski definition) is 1. The molecule has 2 aromatic rings. The molecule has 8 heteroatoms. The molecule has 1 aromatic heterocycles. The summed E-state index contributed by atoms with van der Waals surface area (Å²) in [6, 6.07) is 4.56. The topological polar surface area (TPSA) is 51.1 Å². The van der Waals surface area contributed by atoms with Gasteiger partial charge in [0.2, 0.25) is 0 Å². The van der Waals surface area contributed by atoms with E-state index in [1.807, 2.05) is 0 Å². The Balaban J connectivity index is 2.47. The van der Waals surface area contributed by atoms with Crippen LogP contribution < -0.4 is 10.9 Å². The molecule has 112 valence electrons. The van der Waals surface area contributed by atoms with Crippen LogP contribution in [0.3, 0.4) is 0 Å². The minimum Gasteiger partial charge on any atom is -0.342 e. The van der Waals surface area contributed by atoms with E-state index in [0.717, 1.165) is 16.7 Å². The number of amides is 1. The first-order valence-electron chi connectivity index (χ1n) is 5.83. The van der Waals surface area contributed by atoms with Crippen LogP contribution in [-0.4, -0.2) is 23.2 Å². The molecular formula is C13H10F4N2O2. The monoisotopic (exact) mass is 302 g/mol. The Morgan fingerprint density at radius 1 is 1.29 bits per heavy atom. The van der Waals surface area contributed by atoms with Crippen LogP contribution in [0.5, 0.6) is 0 Å². The van der Waals surface area contributed by atoms with E-state index in [-0.39, 0.29) is 16.5 Å². The number of pyridine rings is 1. The summed E-state index contributed by atoms with van der Waals surface area (Å²) in [5, 5.41) is 1.99. The van der Waals surface area contributed by atoms with E-state index in [2.05, 4.69) is 0 Å². The van der Waals surface area contributed by atoms with E-state index < -0.39 is 30.0 Å².